The Hall–Kier alpha value is -2.86. The normalized spacial score (nSPS) is 10.5. The van der Waals surface area contributed by atoms with Crippen molar-refractivity contribution in [2.24, 2.45) is 0 Å². The maximum Gasteiger partial charge on any atom is 0.437 e. The third-order valence-electron chi connectivity index (χ3n) is 3.25. The van der Waals surface area contributed by atoms with Gasteiger partial charge in [0.2, 0.25) is 5.89 Å². The van der Waals surface area contributed by atoms with Gasteiger partial charge >= 0.3 is 11.7 Å². The summed E-state index contributed by atoms with van der Waals surface area (Å²) >= 11 is 5.99. The maximum absolute atomic E-state index is 11.9. The van der Waals surface area contributed by atoms with Gasteiger partial charge in [0.25, 0.3) is 0 Å². The van der Waals surface area contributed by atoms with Crippen molar-refractivity contribution in [3.05, 3.63) is 75.7 Å². The van der Waals surface area contributed by atoms with Crippen LogP contribution in [0.1, 0.15) is 5.56 Å². The minimum atomic E-state index is -0.719. The van der Waals surface area contributed by atoms with E-state index in [-0.39, 0.29) is 19.0 Å². The molecule has 0 aliphatic carbocycles. The molecule has 24 heavy (non-hydrogen) atoms. The van der Waals surface area contributed by atoms with Crippen LogP contribution in [-0.4, -0.2) is 15.7 Å². The highest BCUT2D eigenvalue weighted by molar-refractivity contribution is 6.31. The van der Waals surface area contributed by atoms with Crippen molar-refractivity contribution in [1.82, 2.24) is 9.78 Å². The summed E-state index contributed by atoms with van der Waals surface area (Å²) in [6, 6.07) is 16.0. The second kappa shape index (κ2) is 7.14. The highest BCUT2D eigenvalue weighted by Crippen LogP contribution is 2.16. The first-order chi connectivity index (χ1) is 11.6. The van der Waals surface area contributed by atoms with Gasteiger partial charge < -0.3 is 9.15 Å². The van der Waals surface area contributed by atoms with Crippen molar-refractivity contribution in [2.45, 2.75) is 13.2 Å². The molecule has 0 saturated heterocycles. The molecular formula is C17H13ClN2O4. The summed E-state index contributed by atoms with van der Waals surface area (Å²) in [5.74, 6) is -1.17. The Balaban J connectivity index is 1.66. The highest BCUT2D eigenvalue weighted by atomic mass is 35.5. The topological polar surface area (TPSA) is 74.3 Å². The average Bonchev–Trinajstić information content (AvgIpc) is 2.96. The van der Waals surface area contributed by atoms with Crippen LogP contribution in [0.2, 0.25) is 5.02 Å². The first-order valence-corrected chi connectivity index (χ1v) is 7.53. The predicted octanol–water partition coefficient (Wildman–Crippen LogP) is 2.90. The van der Waals surface area contributed by atoms with Gasteiger partial charge in [-0.25, -0.2) is 4.79 Å². The van der Waals surface area contributed by atoms with E-state index in [9.17, 15) is 9.59 Å². The zero-order valence-corrected chi connectivity index (χ0v) is 13.3. The molecule has 6 nitrogen and oxygen atoms in total. The molecule has 1 heterocycles. The average molecular weight is 345 g/mol. The van der Waals surface area contributed by atoms with Crippen LogP contribution < -0.4 is 5.76 Å². The van der Waals surface area contributed by atoms with Gasteiger partial charge in [0.05, 0.1) is 0 Å². The fraction of sp³-hybridized carbons (Fsp3) is 0.118. The number of benzene rings is 2. The molecule has 0 N–H and O–H groups in total. The monoisotopic (exact) mass is 344 g/mol. The van der Waals surface area contributed by atoms with Crippen molar-refractivity contribution in [3.8, 4) is 11.5 Å². The molecule has 3 aromatic rings. The van der Waals surface area contributed by atoms with Crippen LogP contribution in [0.15, 0.2) is 63.8 Å². The highest BCUT2D eigenvalue weighted by Gasteiger charge is 2.14. The van der Waals surface area contributed by atoms with E-state index >= 15 is 0 Å². The largest absolute Gasteiger partial charge is 0.459 e. The van der Waals surface area contributed by atoms with Gasteiger partial charge in [-0.3, -0.25) is 4.79 Å². The van der Waals surface area contributed by atoms with E-state index in [0.29, 0.717) is 16.1 Å². The van der Waals surface area contributed by atoms with Crippen molar-refractivity contribution in [2.75, 3.05) is 0 Å². The summed E-state index contributed by atoms with van der Waals surface area (Å²) in [7, 11) is 0. The van der Waals surface area contributed by atoms with Crippen LogP contribution >= 0.6 is 11.6 Å². The minimum absolute atomic E-state index is 0.0245. The number of nitrogens with zero attached hydrogens (tertiary/aromatic N) is 2. The minimum Gasteiger partial charge on any atom is -0.459 e. The van der Waals surface area contributed by atoms with Crippen LogP contribution in [-0.2, 0) is 22.7 Å². The summed E-state index contributed by atoms with van der Waals surface area (Å²) in [6.07, 6.45) is 0. The van der Waals surface area contributed by atoms with E-state index in [1.807, 2.05) is 6.07 Å². The molecule has 0 amide bonds. The van der Waals surface area contributed by atoms with Crippen LogP contribution in [0.5, 0.6) is 0 Å². The molecule has 122 valence electrons. The van der Waals surface area contributed by atoms with Crippen molar-refractivity contribution in [1.29, 1.82) is 0 Å². The second-order valence-corrected chi connectivity index (χ2v) is 5.36. The van der Waals surface area contributed by atoms with E-state index in [1.54, 1.807) is 48.5 Å². The van der Waals surface area contributed by atoms with E-state index in [2.05, 4.69) is 5.10 Å². The number of rotatable bonds is 5. The Morgan fingerprint density at radius 3 is 2.58 bits per heavy atom. The van der Waals surface area contributed by atoms with E-state index < -0.39 is 11.7 Å². The van der Waals surface area contributed by atoms with Crippen LogP contribution in [0.3, 0.4) is 0 Å². The summed E-state index contributed by atoms with van der Waals surface area (Å²) in [5, 5.41) is 4.51. The molecule has 0 spiro atoms. The number of hydrogen-bond acceptors (Lipinski definition) is 5. The fourth-order valence-electron chi connectivity index (χ4n) is 2.05. The molecule has 0 bridgehead atoms. The van der Waals surface area contributed by atoms with Crippen molar-refractivity contribution >= 4 is 17.6 Å². The zero-order chi connectivity index (χ0) is 16.9. The Labute approximate surface area is 142 Å². The molecule has 0 saturated carbocycles. The first-order valence-electron chi connectivity index (χ1n) is 7.16. The molecule has 7 heteroatoms. The molecule has 3 rings (SSSR count). The number of ether oxygens (including phenoxy) is 1. The Kier molecular flexibility index (Phi) is 4.77. The molecule has 0 fully saturated rings. The molecule has 0 radical (unpaired) electrons. The van der Waals surface area contributed by atoms with Gasteiger partial charge in [-0.05, 0) is 18.2 Å². The molecule has 0 aliphatic heterocycles. The molecule has 0 unspecified atom stereocenters. The lowest BCUT2D eigenvalue weighted by Crippen LogP contribution is -2.23. The van der Waals surface area contributed by atoms with Crippen molar-refractivity contribution in [3.63, 3.8) is 0 Å². The number of carbonyl (C=O) groups excluding carboxylic acids is 1. The van der Waals surface area contributed by atoms with Crippen LogP contribution in [0, 0.1) is 0 Å². The van der Waals surface area contributed by atoms with E-state index in [0.717, 1.165) is 4.68 Å². The van der Waals surface area contributed by atoms with Crippen LogP contribution in [0.25, 0.3) is 11.5 Å². The first kappa shape index (κ1) is 16.0. The van der Waals surface area contributed by atoms with Gasteiger partial charge in [-0.1, -0.05) is 48.0 Å². The Morgan fingerprint density at radius 1 is 1.12 bits per heavy atom. The molecular weight excluding hydrogens is 332 g/mol. The Morgan fingerprint density at radius 2 is 1.83 bits per heavy atom. The zero-order valence-electron chi connectivity index (χ0n) is 12.5. The smallest absolute Gasteiger partial charge is 0.437 e. The lowest BCUT2D eigenvalue weighted by Gasteiger charge is -2.05. The van der Waals surface area contributed by atoms with Gasteiger partial charge in [-0.15, -0.1) is 5.10 Å². The van der Waals surface area contributed by atoms with Crippen LogP contribution in [0.4, 0.5) is 0 Å². The summed E-state index contributed by atoms with van der Waals surface area (Å²) in [4.78, 5) is 23.7. The fourth-order valence-corrected chi connectivity index (χ4v) is 2.24. The number of aromatic nitrogens is 2. The van der Waals surface area contributed by atoms with Gasteiger partial charge in [0.15, 0.2) is 0 Å². The second-order valence-electron chi connectivity index (χ2n) is 4.95. The summed E-state index contributed by atoms with van der Waals surface area (Å²) in [5.41, 5.74) is 1.34. The SMILES string of the molecule is O=C(Cn1nc(-c2ccccc2)oc1=O)OCc1ccccc1Cl. The van der Waals surface area contributed by atoms with Gasteiger partial charge in [0, 0.05) is 16.1 Å². The lowest BCUT2D eigenvalue weighted by molar-refractivity contribution is -0.146. The third-order valence-corrected chi connectivity index (χ3v) is 3.62. The summed E-state index contributed by atoms with van der Waals surface area (Å²) < 4.78 is 11.1. The number of esters is 1. The molecule has 0 aliphatic rings. The molecule has 0 atom stereocenters. The number of hydrogen-bond donors (Lipinski definition) is 0. The predicted molar refractivity (Wildman–Crippen MR) is 87.4 cm³/mol. The quantitative estimate of drug-likeness (QED) is 0.665. The number of halogens is 1. The summed E-state index contributed by atoms with van der Waals surface area (Å²) in [6.45, 7) is -0.309. The third kappa shape index (κ3) is 3.72. The van der Waals surface area contributed by atoms with E-state index in [1.165, 1.54) is 0 Å². The van der Waals surface area contributed by atoms with Gasteiger partial charge in [0.1, 0.15) is 13.2 Å². The van der Waals surface area contributed by atoms with E-state index in [4.69, 9.17) is 20.8 Å². The maximum atomic E-state index is 11.9. The lowest BCUT2D eigenvalue weighted by atomic mass is 10.2. The number of carbonyl (C=O) groups is 1. The molecule has 2 aromatic carbocycles. The Bertz CT molecular complexity index is 902. The standard InChI is InChI=1S/C17H13ClN2O4/c18-14-9-5-4-8-13(14)11-23-15(21)10-20-17(22)24-16(19-20)12-6-2-1-3-7-12/h1-9H,10-11H2. The van der Waals surface area contributed by atoms with Crippen molar-refractivity contribution < 1.29 is 13.9 Å². The van der Waals surface area contributed by atoms with Gasteiger partial charge in [-0.2, -0.15) is 4.68 Å². The molecule has 1 aromatic heterocycles.